The summed E-state index contributed by atoms with van der Waals surface area (Å²) in [6.45, 7) is 10.6. The summed E-state index contributed by atoms with van der Waals surface area (Å²) < 4.78 is 0.309. The van der Waals surface area contributed by atoms with Crippen molar-refractivity contribution >= 4 is 53.0 Å². The summed E-state index contributed by atoms with van der Waals surface area (Å²) in [5.41, 5.74) is 0. The fourth-order valence-corrected chi connectivity index (χ4v) is 3.98. The average Bonchev–Trinajstić information content (AvgIpc) is 2.90. The number of hydrogen-bond donors (Lipinski definition) is 1. The normalized spacial score (nSPS) is 18.2. The topological polar surface area (TPSA) is 40.5 Å². The number of hydrogen-bond acceptors (Lipinski definition) is 4. The van der Waals surface area contributed by atoms with Crippen molar-refractivity contribution in [2.75, 3.05) is 31.9 Å². The van der Waals surface area contributed by atoms with Gasteiger partial charge in [0.2, 0.25) is 0 Å². The van der Waals surface area contributed by atoms with E-state index in [1.807, 2.05) is 23.3 Å². The van der Waals surface area contributed by atoms with Gasteiger partial charge in [0.25, 0.3) is 0 Å². The van der Waals surface area contributed by atoms with E-state index < -0.39 is 0 Å². The number of halogens is 1. The molecule has 0 unspecified atom stereocenters. The first kappa shape index (κ1) is 19.0. The zero-order valence-electron chi connectivity index (χ0n) is 13.0. The third kappa shape index (κ3) is 6.32. The summed E-state index contributed by atoms with van der Waals surface area (Å²) >= 11 is 3.75. The molecule has 1 aromatic rings. The van der Waals surface area contributed by atoms with E-state index in [4.69, 9.17) is 4.99 Å². The molecule has 7 heteroatoms. The fourth-order valence-electron chi connectivity index (χ4n) is 2.26. The quantitative estimate of drug-likeness (QED) is 0.444. The highest BCUT2D eigenvalue weighted by atomic mass is 127. The maximum absolute atomic E-state index is 4.77. The van der Waals surface area contributed by atoms with Crippen LogP contribution in [0.1, 0.15) is 25.8 Å². The number of guanidine groups is 1. The van der Waals surface area contributed by atoms with Crippen molar-refractivity contribution in [3.05, 3.63) is 16.6 Å². The number of thiazole rings is 1. The van der Waals surface area contributed by atoms with Crippen molar-refractivity contribution in [3.8, 4) is 0 Å². The highest BCUT2D eigenvalue weighted by Crippen LogP contribution is 2.29. The summed E-state index contributed by atoms with van der Waals surface area (Å²) in [5, 5.41) is 6.61. The van der Waals surface area contributed by atoms with E-state index in [1.54, 1.807) is 11.3 Å². The third-order valence-corrected chi connectivity index (χ3v) is 5.27. The van der Waals surface area contributed by atoms with Crippen molar-refractivity contribution < 1.29 is 0 Å². The van der Waals surface area contributed by atoms with E-state index in [0.29, 0.717) is 4.75 Å². The molecule has 1 saturated heterocycles. The number of aliphatic imine (C=N–C) groups is 1. The van der Waals surface area contributed by atoms with Gasteiger partial charge in [-0.3, -0.25) is 4.99 Å². The summed E-state index contributed by atoms with van der Waals surface area (Å²) in [6, 6.07) is 0. The second-order valence-electron chi connectivity index (χ2n) is 5.44. The lowest BCUT2D eigenvalue weighted by molar-refractivity contribution is 0.376. The number of thioether (sulfide) groups is 1. The maximum Gasteiger partial charge on any atom is 0.193 e. The van der Waals surface area contributed by atoms with Crippen molar-refractivity contribution in [1.29, 1.82) is 0 Å². The molecule has 2 heterocycles. The van der Waals surface area contributed by atoms with Crippen LogP contribution in [0.2, 0.25) is 0 Å². The Morgan fingerprint density at radius 1 is 1.52 bits per heavy atom. The molecule has 0 spiro atoms. The van der Waals surface area contributed by atoms with Gasteiger partial charge < -0.3 is 10.2 Å². The van der Waals surface area contributed by atoms with Crippen LogP contribution in [0.3, 0.4) is 0 Å². The standard InChI is InChI=1S/C14H24N4S2.HI/c1-4-15-13(17-6-5-12-16-7-9-19-12)18-8-10-20-14(2,3)11-18;/h7,9H,4-6,8,10-11H2,1-3H3,(H,15,17);1H. The van der Waals surface area contributed by atoms with Crippen molar-refractivity contribution in [2.45, 2.75) is 31.9 Å². The number of nitrogens with one attached hydrogen (secondary N) is 1. The number of rotatable bonds is 4. The van der Waals surface area contributed by atoms with Crippen LogP contribution in [0.25, 0.3) is 0 Å². The first-order valence-corrected chi connectivity index (χ1v) is 9.03. The molecule has 0 atom stereocenters. The molecule has 0 radical (unpaired) electrons. The molecule has 0 bridgehead atoms. The Bertz CT molecular complexity index is 434. The minimum absolute atomic E-state index is 0. The van der Waals surface area contributed by atoms with Crippen LogP contribution in [-0.2, 0) is 6.42 Å². The molecule has 120 valence electrons. The van der Waals surface area contributed by atoms with Gasteiger partial charge in [0.15, 0.2) is 5.96 Å². The van der Waals surface area contributed by atoms with E-state index in [1.165, 1.54) is 10.8 Å². The molecule has 0 saturated carbocycles. The first-order valence-electron chi connectivity index (χ1n) is 7.16. The third-order valence-electron chi connectivity index (χ3n) is 3.13. The molecule has 0 amide bonds. The first-order chi connectivity index (χ1) is 9.61. The fraction of sp³-hybridized carbons (Fsp3) is 0.714. The van der Waals surface area contributed by atoms with Crippen LogP contribution < -0.4 is 5.32 Å². The van der Waals surface area contributed by atoms with Crippen molar-refractivity contribution in [1.82, 2.24) is 15.2 Å². The second kappa shape index (κ2) is 9.19. The molecular weight excluding hydrogens is 415 g/mol. The molecule has 1 N–H and O–H groups in total. The zero-order valence-corrected chi connectivity index (χ0v) is 16.9. The highest BCUT2D eigenvalue weighted by Gasteiger charge is 2.28. The van der Waals surface area contributed by atoms with Gasteiger partial charge in [-0.05, 0) is 20.8 Å². The Kier molecular flexibility index (Phi) is 8.33. The lowest BCUT2D eigenvalue weighted by Crippen LogP contribution is -2.51. The minimum Gasteiger partial charge on any atom is -0.357 e. The average molecular weight is 440 g/mol. The van der Waals surface area contributed by atoms with E-state index >= 15 is 0 Å². The molecule has 1 aliphatic rings. The van der Waals surface area contributed by atoms with E-state index in [9.17, 15) is 0 Å². The summed E-state index contributed by atoms with van der Waals surface area (Å²) in [4.78, 5) is 11.5. The van der Waals surface area contributed by atoms with Gasteiger partial charge in [0.1, 0.15) is 0 Å². The Morgan fingerprint density at radius 2 is 2.33 bits per heavy atom. The van der Waals surface area contributed by atoms with Crippen LogP contribution in [0.5, 0.6) is 0 Å². The number of aromatic nitrogens is 1. The molecule has 1 fully saturated rings. The van der Waals surface area contributed by atoms with Crippen LogP contribution in [0.4, 0.5) is 0 Å². The predicted molar refractivity (Wildman–Crippen MR) is 105 cm³/mol. The Labute approximate surface area is 153 Å². The zero-order chi connectivity index (χ0) is 14.4. The SMILES string of the molecule is CCNC(=NCCc1nccs1)N1CCSC(C)(C)C1.I. The van der Waals surface area contributed by atoms with Gasteiger partial charge in [-0.15, -0.1) is 35.3 Å². The van der Waals surface area contributed by atoms with E-state index in [-0.39, 0.29) is 24.0 Å². The lowest BCUT2D eigenvalue weighted by Gasteiger charge is -2.39. The molecule has 21 heavy (non-hydrogen) atoms. The van der Waals surface area contributed by atoms with Crippen LogP contribution in [-0.4, -0.2) is 52.5 Å². The Balaban J connectivity index is 0.00000220. The lowest BCUT2D eigenvalue weighted by atomic mass is 10.2. The molecule has 2 rings (SSSR count). The van der Waals surface area contributed by atoms with Gasteiger partial charge >= 0.3 is 0 Å². The maximum atomic E-state index is 4.77. The molecular formula is C14H25IN4S2. The Morgan fingerprint density at radius 3 is 2.95 bits per heavy atom. The van der Waals surface area contributed by atoms with E-state index in [2.05, 4.69) is 36.0 Å². The van der Waals surface area contributed by atoms with Gasteiger partial charge in [0.05, 0.1) is 5.01 Å². The van der Waals surface area contributed by atoms with Gasteiger partial charge in [-0.25, -0.2) is 4.98 Å². The van der Waals surface area contributed by atoms with Gasteiger partial charge in [-0.1, -0.05) is 0 Å². The summed E-state index contributed by atoms with van der Waals surface area (Å²) in [7, 11) is 0. The molecule has 0 aromatic carbocycles. The number of nitrogens with zero attached hydrogens (tertiary/aromatic N) is 3. The largest absolute Gasteiger partial charge is 0.357 e. The minimum atomic E-state index is 0. The molecule has 4 nitrogen and oxygen atoms in total. The van der Waals surface area contributed by atoms with E-state index in [0.717, 1.165) is 38.6 Å². The van der Waals surface area contributed by atoms with Crippen LogP contribution >= 0.6 is 47.1 Å². The van der Waals surface area contributed by atoms with Crippen molar-refractivity contribution in [2.24, 2.45) is 4.99 Å². The molecule has 0 aliphatic carbocycles. The smallest absolute Gasteiger partial charge is 0.193 e. The van der Waals surface area contributed by atoms with Crippen LogP contribution in [0.15, 0.2) is 16.6 Å². The Hall–Kier alpha value is -0.0200. The predicted octanol–water partition coefficient (Wildman–Crippen LogP) is 3.10. The van der Waals surface area contributed by atoms with Gasteiger partial charge in [0, 0.05) is 54.7 Å². The molecule has 1 aliphatic heterocycles. The monoisotopic (exact) mass is 440 g/mol. The summed E-state index contributed by atoms with van der Waals surface area (Å²) in [6.07, 6.45) is 2.79. The highest BCUT2D eigenvalue weighted by molar-refractivity contribution is 14.0. The summed E-state index contributed by atoms with van der Waals surface area (Å²) in [5.74, 6) is 2.22. The second-order valence-corrected chi connectivity index (χ2v) is 8.22. The van der Waals surface area contributed by atoms with Gasteiger partial charge in [-0.2, -0.15) is 11.8 Å². The van der Waals surface area contributed by atoms with Crippen LogP contribution in [0, 0.1) is 0 Å². The molecule has 1 aromatic heterocycles. The van der Waals surface area contributed by atoms with Crippen molar-refractivity contribution in [3.63, 3.8) is 0 Å².